The number of likely N-dealkylation sites (tertiary alicyclic amines) is 1. The molecule has 0 saturated carbocycles. The summed E-state index contributed by atoms with van der Waals surface area (Å²) in [6.45, 7) is 12.8. The topological polar surface area (TPSA) is 61.9 Å². The van der Waals surface area contributed by atoms with Crippen LogP contribution < -0.4 is 10.1 Å². The van der Waals surface area contributed by atoms with E-state index in [1.165, 1.54) is 5.56 Å². The van der Waals surface area contributed by atoms with Gasteiger partial charge in [0, 0.05) is 50.5 Å². The third-order valence-electron chi connectivity index (χ3n) is 5.48. The van der Waals surface area contributed by atoms with Crippen molar-refractivity contribution in [2.75, 3.05) is 26.2 Å². The molecule has 3 rings (SSSR count). The lowest BCUT2D eigenvalue weighted by atomic mass is 9.90. The number of amides is 2. The first-order chi connectivity index (χ1) is 13.1. The van der Waals surface area contributed by atoms with Gasteiger partial charge in [0.1, 0.15) is 11.4 Å². The van der Waals surface area contributed by atoms with Crippen molar-refractivity contribution in [2.24, 2.45) is 0 Å². The Balaban J connectivity index is 1.71. The van der Waals surface area contributed by atoms with Crippen molar-refractivity contribution in [3.8, 4) is 5.75 Å². The minimum Gasteiger partial charge on any atom is -0.485 e. The summed E-state index contributed by atoms with van der Waals surface area (Å²) in [5.41, 5.74) is 1.63. The van der Waals surface area contributed by atoms with Crippen molar-refractivity contribution in [3.05, 3.63) is 29.3 Å². The highest BCUT2D eigenvalue weighted by Gasteiger charge is 2.41. The summed E-state index contributed by atoms with van der Waals surface area (Å²) in [6.07, 6.45) is 1.60. The van der Waals surface area contributed by atoms with Crippen molar-refractivity contribution in [1.29, 1.82) is 0 Å². The Hall–Kier alpha value is -2.08. The maximum absolute atomic E-state index is 12.2. The standard InChI is InChI=1S/C22H33N3O3/c1-16-6-7-19-18(12-16)13-25(17(2)26)15-22(28-19)8-10-24(11-9-22)14-20(27)23-21(3,4)5/h6-7,12H,8-11,13-15H2,1-5H3,(H,23,27). The van der Waals surface area contributed by atoms with Gasteiger partial charge in [-0.05, 0) is 33.8 Å². The second-order valence-corrected chi connectivity index (χ2v) is 9.35. The molecule has 28 heavy (non-hydrogen) atoms. The van der Waals surface area contributed by atoms with Gasteiger partial charge >= 0.3 is 0 Å². The number of carbonyl (C=O) groups excluding carboxylic acids is 2. The first-order valence-corrected chi connectivity index (χ1v) is 10.1. The zero-order valence-corrected chi connectivity index (χ0v) is 17.8. The average Bonchev–Trinajstić information content (AvgIpc) is 2.72. The van der Waals surface area contributed by atoms with Gasteiger partial charge in [-0.15, -0.1) is 0 Å². The molecule has 0 radical (unpaired) electrons. The summed E-state index contributed by atoms with van der Waals surface area (Å²) in [5.74, 6) is 1.01. The van der Waals surface area contributed by atoms with Gasteiger partial charge in [0.15, 0.2) is 0 Å². The Morgan fingerprint density at radius 1 is 1.21 bits per heavy atom. The normalized spacial score (nSPS) is 19.5. The highest BCUT2D eigenvalue weighted by atomic mass is 16.5. The monoisotopic (exact) mass is 387 g/mol. The van der Waals surface area contributed by atoms with Crippen molar-refractivity contribution in [1.82, 2.24) is 15.1 Å². The Bertz CT molecular complexity index is 746. The van der Waals surface area contributed by atoms with Crippen LogP contribution in [0.5, 0.6) is 5.75 Å². The van der Waals surface area contributed by atoms with E-state index in [2.05, 4.69) is 29.3 Å². The van der Waals surface area contributed by atoms with E-state index in [0.29, 0.717) is 19.6 Å². The van der Waals surface area contributed by atoms with Crippen molar-refractivity contribution in [2.45, 2.75) is 65.1 Å². The predicted molar refractivity (Wildman–Crippen MR) is 109 cm³/mol. The molecule has 0 bridgehead atoms. The molecule has 2 heterocycles. The van der Waals surface area contributed by atoms with E-state index in [4.69, 9.17) is 4.74 Å². The van der Waals surface area contributed by atoms with Gasteiger partial charge in [0.25, 0.3) is 0 Å². The molecule has 0 atom stereocenters. The van der Waals surface area contributed by atoms with Crippen LogP contribution in [0.3, 0.4) is 0 Å². The number of hydrogen-bond acceptors (Lipinski definition) is 4. The SMILES string of the molecule is CC(=O)N1Cc2cc(C)ccc2OC2(CCN(CC(=O)NC(C)(C)C)CC2)C1. The van der Waals surface area contributed by atoms with Gasteiger partial charge in [0.2, 0.25) is 11.8 Å². The first kappa shape index (κ1) is 20.6. The fourth-order valence-corrected chi connectivity index (χ4v) is 4.07. The van der Waals surface area contributed by atoms with E-state index in [0.717, 1.165) is 37.2 Å². The molecule has 6 nitrogen and oxygen atoms in total. The predicted octanol–water partition coefficient (Wildman–Crippen LogP) is 2.49. The Kier molecular flexibility index (Phi) is 5.71. The van der Waals surface area contributed by atoms with Gasteiger partial charge in [-0.25, -0.2) is 0 Å². The van der Waals surface area contributed by atoms with Gasteiger partial charge in [-0.1, -0.05) is 17.7 Å². The summed E-state index contributed by atoms with van der Waals surface area (Å²) in [4.78, 5) is 28.5. The summed E-state index contributed by atoms with van der Waals surface area (Å²) < 4.78 is 6.53. The molecular weight excluding hydrogens is 354 g/mol. The molecular formula is C22H33N3O3. The number of hydrogen-bond donors (Lipinski definition) is 1. The lowest BCUT2D eigenvalue weighted by Crippen LogP contribution is -2.55. The van der Waals surface area contributed by atoms with Gasteiger partial charge in [-0.3, -0.25) is 14.5 Å². The molecule has 0 aliphatic carbocycles. The van der Waals surface area contributed by atoms with Gasteiger partial charge in [-0.2, -0.15) is 0 Å². The number of piperidine rings is 1. The maximum Gasteiger partial charge on any atom is 0.234 e. The molecule has 1 aromatic rings. The molecule has 0 unspecified atom stereocenters. The molecule has 1 saturated heterocycles. The van der Waals surface area contributed by atoms with Crippen LogP contribution in [0.4, 0.5) is 0 Å². The van der Waals surface area contributed by atoms with Crippen LogP contribution in [-0.4, -0.2) is 58.9 Å². The Labute approximate surface area is 168 Å². The fourth-order valence-electron chi connectivity index (χ4n) is 4.07. The number of benzene rings is 1. The molecule has 2 aliphatic heterocycles. The van der Waals surface area contributed by atoms with Crippen molar-refractivity contribution >= 4 is 11.8 Å². The summed E-state index contributed by atoms with van der Waals surface area (Å²) in [7, 11) is 0. The smallest absolute Gasteiger partial charge is 0.234 e. The van der Waals surface area contributed by atoms with E-state index >= 15 is 0 Å². The zero-order valence-electron chi connectivity index (χ0n) is 17.8. The van der Waals surface area contributed by atoms with Crippen LogP contribution in [0.25, 0.3) is 0 Å². The lowest BCUT2D eigenvalue weighted by molar-refractivity contribution is -0.133. The quantitative estimate of drug-likeness (QED) is 0.847. The number of ether oxygens (including phenoxy) is 1. The molecule has 6 heteroatoms. The number of carbonyl (C=O) groups is 2. The highest BCUT2D eigenvalue weighted by Crippen LogP contribution is 2.36. The van der Waals surface area contributed by atoms with Crippen molar-refractivity contribution < 1.29 is 14.3 Å². The third-order valence-corrected chi connectivity index (χ3v) is 5.48. The Morgan fingerprint density at radius 3 is 2.50 bits per heavy atom. The molecule has 154 valence electrons. The van der Waals surface area contributed by atoms with Gasteiger partial charge < -0.3 is 15.0 Å². The second-order valence-electron chi connectivity index (χ2n) is 9.35. The van der Waals surface area contributed by atoms with Crippen LogP contribution in [-0.2, 0) is 16.1 Å². The number of nitrogens with one attached hydrogen (secondary N) is 1. The minimum absolute atomic E-state index is 0.0522. The molecule has 2 aliphatic rings. The van der Waals surface area contributed by atoms with E-state index in [9.17, 15) is 9.59 Å². The van der Waals surface area contributed by atoms with E-state index < -0.39 is 0 Å². The molecule has 1 fully saturated rings. The van der Waals surface area contributed by atoms with E-state index in [1.54, 1.807) is 6.92 Å². The number of rotatable bonds is 2. The molecule has 1 aromatic carbocycles. The van der Waals surface area contributed by atoms with Gasteiger partial charge in [0.05, 0.1) is 13.1 Å². The second kappa shape index (κ2) is 7.74. The number of nitrogens with zero attached hydrogens (tertiary/aromatic N) is 2. The fraction of sp³-hybridized carbons (Fsp3) is 0.636. The van der Waals surface area contributed by atoms with Crippen LogP contribution in [0.1, 0.15) is 51.7 Å². The minimum atomic E-state index is -0.386. The number of fused-ring (bicyclic) bond motifs is 1. The first-order valence-electron chi connectivity index (χ1n) is 10.1. The van der Waals surface area contributed by atoms with Crippen LogP contribution in [0, 0.1) is 6.92 Å². The molecule has 1 spiro atoms. The highest BCUT2D eigenvalue weighted by molar-refractivity contribution is 5.78. The van der Waals surface area contributed by atoms with E-state index in [-0.39, 0.29) is 23.0 Å². The van der Waals surface area contributed by atoms with Crippen LogP contribution >= 0.6 is 0 Å². The maximum atomic E-state index is 12.2. The average molecular weight is 388 g/mol. The lowest BCUT2D eigenvalue weighted by Gasteiger charge is -2.42. The van der Waals surface area contributed by atoms with Crippen molar-refractivity contribution in [3.63, 3.8) is 0 Å². The van der Waals surface area contributed by atoms with Crippen LogP contribution in [0.15, 0.2) is 18.2 Å². The summed E-state index contributed by atoms with van der Waals surface area (Å²) >= 11 is 0. The summed E-state index contributed by atoms with van der Waals surface area (Å²) in [5, 5.41) is 3.02. The zero-order chi connectivity index (χ0) is 20.5. The molecule has 2 amide bonds. The third kappa shape index (κ3) is 5.04. The molecule has 0 aromatic heterocycles. The molecule has 1 N–H and O–H groups in total. The van der Waals surface area contributed by atoms with Crippen LogP contribution in [0.2, 0.25) is 0 Å². The summed E-state index contributed by atoms with van der Waals surface area (Å²) in [6, 6.07) is 6.19. The van der Waals surface area contributed by atoms with E-state index in [1.807, 2.05) is 31.7 Å². The Morgan fingerprint density at radius 2 is 1.89 bits per heavy atom. The number of aryl methyl sites for hydroxylation is 1. The largest absolute Gasteiger partial charge is 0.485 e.